The van der Waals surface area contributed by atoms with Crippen LogP contribution in [0.4, 0.5) is 4.39 Å². The van der Waals surface area contributed by atoms with Gasteiger partial charge in [0, 0.05) is 12.0 Å². The summed E-state index contributed by atoms with van der Waals surface area (Å²) in [5.41, 5.74) is -0.837. The zero-order chi connectivity index (χ0) is 16.3. The number of amides is 2. The minimum Gasteiger partial charge on any atom is -0.302 e. The van der Waals surface area contributed by atoms with Gasteiger partial charge < -0.3 is 10.6 Å². The third-order valence-electron chi connectivity index (χ3n) is 3.70. The minimum atomic E-state index is -1.24. The van der Waals surface area contributed by atoms with Gasteiger partial charge in [-0.2, -0.15) is 0 Å². The van der Waals surface area contributed by atoms with Gasteiger partial charge in [0.1, 0.15) is 11.2 Å². The Morgan fingerprint density at radius 3 is 2.27 bits per heavy atom. The Morgan fingerprint density at radius 2 is 1.73 bits per heavy atom. The quantitative estimate of drug-likeness (QED) is 0.492. The van der Waals surface area contributed by atoms with Crippen molar-refractivity contribution < 1.29 is 18.8 Å². The van der Waals surface area contributed by atoms with E-state index in [0.717, 1.165) is 0 Å². The standard InChI is InChI=1S/C15H15FN2O3S/c1-15(12(20)17-14(22)18-13(15)21)8-2-3-11(19)9-4-6-10(16)7-5-9/h4-7H,2-3,8H2,1H3,(H2,17,18,20,21,22). The molecule has 1 aromatic carbocycles. The Balaban J connectivity index is 1.94. The molecule has 1 aromatic rings. The van der Waals surface area contributed by atoms with E-state index >= 15 is 0 Å². The highest BCUT2D eigenvalue weighted by Crippen LogP contribution is 2.27. The third kappa shape index (κ3) is 3.36. The number of thiocarbonyl (C=S) groups is 1. The fourth-order valence-electron chi connectivity index (χ4n) is 2.23. The van der Waals surface area contributed by atoms with Gasteiger partial charge in [0.2, 0.25) is 11.8 Å². The van der Waals surface area contributed by atoms with Gasteiger partial charge in [-0.3, -0.25) is 14.4 Å². The van der Waals surface area contributed by atoms with Gasteiger partial charge in [-0.15, -0.1) is 0 Å². The van der Waals surface area contributed by atoms with Gasteiger partial charge in [0.15, 0.2) is 10.9 Å². The second-order valence-electron chi connectivity index (χ2n) is 5.35. The molecule has 0 spiro atoms. The number of carbonyl (C=O) groups excluding carboxylic acids is 3. The molecule has 7 heteroatoms. The molecule has 1 fully saturated rings. The number of hydrogen-bond donors (Lipinski definition) is 2. The average Bonchev–Trinajstić information content (AvgIpc) is 2.45. The molecule has 0 aliphatic carbocycles. The highest BCUT2D eigenvalue weighted by molar-refractivity contribution is 7.80. The molecule has 1 aliphatic rings. The molecule has 22 heavy (non-hydrogen) atoms. The summed E-state index contributed by atoms with van der Waals surface area (Å²) in [5.74, 6) is -1.49. The van der Waals surface area contributed by atoms with Gasteiger partial charge in [-0.25, -0.2) is 4.39 Å². The van der Waals surface area contributed by atoms with E-state index in [1.807, 2.05) is 0 Å². The molecule has 2 rings (SSSR count). The van der Waals surface area contributed by atoms with Crippen LogP contribution in [0.15, 0.2) is 24.3 Å². The fourth-order valence-corrected chi connectivity index (χ4v) is 2.41. The van der Waals surface area contributed by atoms with Gasteiger partial charge in [-0.1, -0.05) is 0 Å². The summed E-state index contributed by atoms with van der Waals surface area (Å²) in [6.45, 7) is 1.52. The van der Waals surface area contributed by atoms with Crippen LogP contribution in [-0.4, -0.2) is 22.7 Å². The Bertz CT molecular complexity index is 623. The molecule has 116 valence electrons. The van der Waals surface area contributed by atoms with E-state index in [1.54, 1.807) is 0 Å². The second-order valence-corrected chi connectivity index (χ2v) is 5.76. The molecule has 2 amide bonds. The van der Waals surface area contributed by atoms with E-state index in [4.69, 9.17) is 12.2 Å². The molecular weight excluding hydrogens is 307 g/mol. The smallest absolute Gasteiger partial charge is 0.241 e. The molecular formula is C15H15FN2O3S. The Kier molecular flexibility index (Phi) is 4.65. The zero-order valence-electron chi connectivity index (χ0n) is 11.9. The van der Waals surface area contributed by atoms with Gasteiger partial charge in [0.05, 0.1) is 0 Å². The summed E-state index contributed by atoms with van der Waals surface area (Å²) in [7, 11) is 0. The largest absolute Gasteiger partial charge is 0.302 e. The fraction of sp³-hybridized carbons (Fsp3) is 0.333. The van der Waals surface area contributed by atoms with Gasteiger partial charge in [0.25, 0.3) is 0 Å². The maximum atomic E-state index is 12.8. The molecule has 0 unspecified atom stereocenters. The highest BCUT2D eigenvalue weighted by atomic mass is 32.1. The molecule has 1 aliphatic heterocycles. The molecule has 0 saturated carbocycles. The van der Waals surface area contributed by atoms with E-state index in [9.17, 15) is 18.8 Å². The van der Waals surface area contributed by atoms with Crippen molar-refractivity contribution >= 4 is 34.9 Å². The lowest BCUT2D eigenvalue weighted by atomic mass is 9.81. The number of halogens is 1. The molecule has 1 saturated heterocycles. The number of rotatable bonds is 5. The molecule has 0 aromatic heterocycles. The summed E-state index contributed by atoms with van der Waals surface area (Å²) >= 11 is 4.74. The molecule has 5 nitrogen and oxygen atoms in total. The first-order valence-corrected chi connectivity index (χ1v) is 7.19. The summed E-state index contributed by atoms with van der Waals surface area (Å²) in [5, 5.41) is 4.82. The van der Waals surface area contributed by atoms with Crippen LogP contribution in [-0.2, 0) is 9.59 Å². The first-order valence-electron chi connectivity index (χ1n) is 6.78. The number of carbonyl (C=O) groups is 3. The van der Waals surface area contributed by atoms with Crippen molar-refractivity contribution in [3.8, 4) is 0 Å². The van der Waals surface area contributed by atoms with Crippen molar-refractivity contribution in [3.63, 3.8) is 0 Å². The van der Waals surface area contributed by atoms with Crippen molar-refractivity contribution in [1.82, 2.24) is 10.6 Å². The van der Waals surface area contributed by atoms with Crippen LogP contribution in [0.5, 0.6) is 0 Å². The lowest BCUT2D eigenvalue weighted by molar-refractivity contribution is -0.142. The first kappa shape index (κ1) is 16.2. The van der Waals surface area contributed by atoms with Crippen LogP contribution in [0.1, 0.15) is 36.5 Å². The lowest BCUT2D eigenvalue weighted by Crippen LogP contribution is -2.61. The summed E-state index contributed by atoms with van der Waals surface area (Å²) < 4.78 is 12.8. The zero-order valence-corrected chi connectivity index (χ0v) is 12.8. The molecule has 0 atom stereocenters. The number of nitrogens with one attached hydrogen (secondary N) is 2. The monoisotopic (exact) mass is 322 g/mol. The summed E-state index contributed by atoms with van der Waals surface area (Å²) in [4.78, 5) is 35.8. The molecule has 0 radical (unpaired) electrons. The number of benzene rings is 1. The number of Topliss-reactive ketones (excluding diaryl/α,β-unsaturated/α-hetero) is 1. The molecule has 1 heterocycles. The number of hydrogen-bond acceptors (Lipinski definition) is 4. The normalized spacial score (nSPS) is 16.9. The predicted octanol–water partition coefficient (Wildman–Crippen LogP) is 1.72. The molecule has 2 N–H and O–H groups in total. The first-order chi connectivity index (χ1) is 10.3. The third-order valence-corrected chi connectivity index (χ3v) is 3.91. The van der Waals surface area contributed by atoms with E-state index in [2.05, 4.69) is 10.6 Å². The van der Waals surface area contributed by atoms with Crippen LogP contribution >= 0.6 is 12.2 Å². The lowest BCUT2D eigenvalue weighted by Gasteiger charge is -2.31. The molecule has 0 bridgehead atoms. The minimum absolute atomic E-state index is 0.00476. The Labute approximate surface area is 132 Å². The van der Waals surface area contributed by atoms with Crippen molar-refractivity contribution in [2.24, 2.45) is 5.41 Å². The SMILES string of the molecule is CC1(CCCC(=O)c2ccc(F)cc2)C(=O)NC(=S)NC1=O. The van der Waals surface area contributed by atoms with Gasteiger partial charge >= 0.3 is 0 Å². The van der Waals surface area contributed by atoms with Gasteiger partial charge in [-0.05, 0) is 56.2 Å². The predicted molar refractivity (Wildman–Crippen MR) is 81.6 cm³/mol. The van der Waals surface area contributed by atoms with E-state index in [-0.39, 0.29) is 23.7 Å². The highest BCUT2D eigenvalue weighted by Gasteiger charge is 2.44. The number of ketones is 1. The van der Waals surface area contributed by atoms with Crippen LogP contribution in [0.2, 0.25) is 0 Å². The Hall–Kier alpha value is -2.15. The van der Waals surface area contributed by atoms with Crippen LogP contribution in [0.25, 0.3) is 0 Å². The average molecular weight is 322 g/mol. The van der Waals surface area contributed by atoms with Crippen molar-refractivity contribution in [2.45, 2.75) is 26.2 Å². The van der Waals surface area contributed by atoms with Crippen LogP contribution in [0.3, 0.4) is 0 Å². The van der Waals surface area contributed by atoms with Crippen molar-refractivity contribution in [2.75, 3.05) is 0 Å². The maximum Gasteiger partial charge on any atom is 0.241 e. The van der Waals surface area contributed by atoms with E-state index in [0.29, 0.717) is 12.0 Å². The van der Waals surface area contributed by atoms with Crippen molar-refractivity contribution in [1.29, 1.82) is 0 Å². The topological polar surface area (TPSA) is 75.3 Å². The van der Waals surface area contributed by atoms with Crippen LogP contribution in [0, 0.1) is 11.2 Å². The summed E-state index contributed by atoms with van der Waals surface area (Å²) in [6.07, 6.45) is 0.757. The maximum absolute atomic E-state index is 12.8. The van der Waals surface area contributed by atoms with E-state index < -0.39 is 23.0 Å². The Morgan fingerprint density at radius 1 is 1.18 bits per heavy atom. The van der Waals surface area contributed by atoms with Crippen molar-refractivity contribution in [3.05, 3.63) is 35.6 Å². The van der Waals surface area contributed by atoms with E-state index in [1.165, 1.54) is 31.2 Å². The second kappa shape index (κ2) is 6.31. The summed E-state index contributed by atoms with van der Waals surface area (Å²) in [6, 6.07) is 5.27. The van der Waals surface area contributed by atoms with Crippen LogP contribution < -0.4 is 10.6 Å².